The van der Waals surface area contributed by atoms with Crippen LogP contribution in [0.4, 0.5) is 4.39 Å². The van der Waals surface area contributed by atoms with Crippen molar-refractivity contribution < 1.29 is 18.7 Å². The van der Waals surface area contributed by atoms with Crippen LogP contribution in [0.15, 0.2) is 24.3 Å². The van der Waals surface area contributed by atoms with Gasteiger partial charge < -0.3 is 4.74 Å². The van der Waals surface area contributed by atoms with E-state index in [1.807, 2.05) is 0 Å². The summed E-state index contributed by atoms with van der Waals surface area (Å²) in [4.78, 5) is 20.7. The van der Waals surface area contributed by atoms with Gasteiger partial charge in [0, 0.05) is 5.56 Å². The number of benzene rings is 1. The lowest BCUT2D eigenvalue weighted by atomic mass is 10.1. The summed E-state index contributed by atoms with van der Waals surface area (Å²) in [6.07, 6.45) is -1.56. The molecular weight excluding hydrogens is 293 g/mol. The van der Waals surface area contributed by atoms with Crippen LogP contribution >= 0.6 is 34.8 Å². The lowest BCUT2D eigenvalue weighted by molar-refractivity contribution is -0.151. The Morgan fingerprint density at radius 1 is 1.24 bits per heavy atom. The van der Waals surface area contributed by atoms with Gasteiger partial charge in [-0.05, 0) is 17.7 Å². The van der Waals surface area contributed by atoms with Gasteiger partial charge in [-0.2, -0.15) is 0 Å². The molecule has 1 atom stereocenters. The third-order valence-electron chi connectivity index (χ3n) is 1.81. The third-order valence-corrected chi connectivity index (χ3v) is 2.36. The van der Waals surface area contributed by atoms with Crippen LogP contribution in [0.5, 0.6) is 0 Å². The van der Waals surface area contributed by atoms with E-state index in [1.54, 1.807) is 0 Å². The molecule has 0 fully saturated rings. The molecule has 0 heterocycles. The van der Waals surface area contributed by atoms with Gasteiger partial charge in [0.15, 0.2) is 0 Å². The number of ether oxygens (including phenoxy) is 1. The molecule has 0 spiro atoms. The standard InChI is InChI=1S/C10H6Cl3FO3/c11-8(12)10(16)17-7(9(13)15)5-3-1-2-4-6(5)14/h1-4,7-8H/t7-/m1/s1. The van der Waals surface area contributed by atoms with Gasteiger partial charge in [0.25, 0.3) is 5.24 Å². The number of alkyl halides is 2. The minimum atomic E-state index is -1.56. The van der Waals surface area contributed by atoms with E-state index in [2.05, 4.69) is 4.74 Å². The average Bonchev–Trinajstić information content (AvgIpc) is 2.26. The highest BCUT2D eigenvalue weighted by atomic mass is 35.5. The number of esters is 1. The second kappa shape index (κ2) is 6.19. The van der Waals surface area contributed by atoms with Crippen LogP contribution in [-0.2, 0) is 14.3 Å². The molecule has 0 radical (unpaired) electrons. The molecule has 0 aliphatic carbocycles. The average molecular weight is 300 g/mol. The molecule has 1 aromatic rings. The fourth-order valence-electron chi connectivity index (χ4n) is 1.09. The zero-order valence-electron chi connectivity index (χ0n) is 8.20. The second-order valence-corrected chi connectivity index (χ2v) is 4.41. The normalized spacial score (nSPS) is 12.3. The summed E-state index contributed by atoms with van der Waals surface area (Å²) >= 11 is 15.7. The molecule has 0 aromatic heterocycles. The summed E-state index contributed by atoms with van der Waals surface area (Å²) in [6.45, 7) is 0. The van der Waals surface area contributed by atoms with Crippen molar-refractivity contribution in [1.29, 1.82) is 0 Å². The number of rotatable bonds is 4. The Morgan fingerprint density at radius 3 is 2.29 bits per heavy atom. The molecule has 1 aromatic carbocycles. The molecule has 0 amide bonds. The lowest BCUT2D eigenvalue weighted by Crippen LogP contribution is -2.21. The van der Waals surface area contributed by atoms with E-state index in [1.165, 1.54) is 18.2 Å². The maximum absolute atomic E-state index is 13.4. The minimum Gasteiger partial charge on any atom is -0.446 e. The van der Waals surface area contributed by atoms with E-state index in [0.717, 1.165) is 6.07 Å². The molecular formula is C10H6Cl3FO3. The van der Waals surface area contributed by atoms with Crippen LogP contribution in [-0.4, -0.2) is 16.0 Å². The highest BCUT2D eigenvalue weighted by Gasteiger charge is 2.28. The Bertz CT molecular complexity index is 437. The monoisotopic (exact) mass is 298 g/mol. The highest BCUT2D eigenvalue weighted by molar-refractivity contribution is 6.64. The van der Waals surface area contributed by atoms with E-state index in [4.69, 9.17) is 34.8 Å². The van der Waals surface area contributed by atoms with E-state index < -0.39 is 28.0 Å². The van der Waals surface area contributed by atoms with E-state index in [-0.39, 0.29) is 5.56 Å². The first-order chi connectivity index (χ1) is 7.93. The highest BCUT2D eigenvalue weighted by Crippen LogP contribution is 2.24. The topological polar surface area (TPSA) is 43.4 Å². The van der Waals surface area contributed by atoms with Crippen molar-refractivity contribution in [2.45, 2.75) is 10.9 Å². The van der Waals surface area contributed by atoms with Crippen molar-refractivity contribution in [3.63, 3.8) is 0 Å². The van der Waals surface area contributed by atoms with Gasteiger partial charge >= 0.3 is 5.97 Å². The van der Waals surface area contributed by atoms with E-state index in [0.29, 0.717) is 0 Å². The van der Waals surface area contributed by atoms with Gasteiger partial charge in [-0.15, -0.1) is 0 Å². The van der Waals surface area contributed by atoms with Crippen molar-refractivity contribution in [2.75, 3.05) is 0 Å². The maximum Gasteiger partial charge on any atom is 0.340 e. The molecule has 17 heavy (non-hydrogen) atoms. The van der Waals surface area contributed by atoms with Gasteiger partial charge in [-0.1, -0.05) is 41.4 Å². The van der Waals surface area contributed by atoms with Crippen molar-refractivity contribution in [1.82, 2.24) is 0 Å². The van der Waals surface area contributed by atoms with Crippen LogP contribution in [0.1, 0.15) is 11.7 Å². The van der Waals surface area contributed by atoms with Gasteiger partial charge in [0.2, 0.25) is 10.9 Å². The molecule has 0 saturated heterocycles. The van der Waals surface area contributed by atoms with Crippen molar-refractivity contribution in [2.24, 2.45) is 0 Å². The predicted molar refractivity (Wildman–Crippen MR) is 61.6 cm³/mol. The Labute approximate surface area is 111 Å². The van der Waals surface area contributed by atoms with Crippen LogP contribution < -0.4 is 0 Å². The Balaban J connectivity index is 2.99. The van der Waals surface area contributed by atoms with Crippen LogP contribution in [0.25, 0.3) is 0 Å². The number of hydrogen-bond acceptors (Lipinski definition) is 3. The van der Waals surface area contributed by atoms with Crippen LogP contribution in [0.3, 0.4) is 0 Å². The zero-order valence-corrected chi connectivity index (χ0v) is 10.5. The molecule has 3 nitrogen and oxygen atoms in total. The quantitative estimate of drug-likeness (QED) is 0.488. The predicted octanol–water partition coefficient (Wildman–Crippen LogP) is 2.98. The molecule has 1 rings (SSSR count). The lowest BCUT2D eigenvalue weighted by Gasteiger charge is -2.15. The smallest absolute Gasteiger partial charge is 0.340 e. The first-order valence-corrected chi connectivity index (χ1v) is 5.61. The molecule has 7 heteroatoms. The number of carbonyl (C=O) groups is 2. The maximum atomic E-state index is 13.4. The first-order valence-electron chi connectivity index (χ1n) is 4.36. The molecule has 0 N–H and O–H groups in total. The second-order valence-electron chi connectivity index (χ2n) is 2.94. The molecule has 0 aliphatic heterocycles. The summed E-state index contributed by atoms with van der Waals surface area (Å²) < 4.78 is 18.0. The largest absolute Gasteiger partial charge is 0.446 e. The molecule has 92 valence electrons. The van der Waals surface area contributed by atoms with E-state index >= 15 is 0 Å². The number of hydrogen-bond donors (Lipinski definition) is 0. The van der Waals surface area contributed by atoms with Crippen molar-refractivity contribution >= 4 is 46.0 Å². The summed E-state index contributed by atoms with van der Waals surface area (Å²) in [6, 6.07) is 5.26. The molecule has 0 bridgehead atoms. The fourth-order valence-corrected chi connectivity index (χ4v) is 1.35. The Morgan fingerprint density at radius 2 is 1.82 bits per heavy atom. The summed E-state index contributed by atoms with van der Waals surface area (Å²) in [5.74, 6) is -1.80. The van der Waals surface area contributed by atoms with Gasteiger partial charge in [0.1, 0.15) is 5.82 Å². The number of carbonyl (C=O) groups excluding carboxylic acids is 2. The SMILES string of the molecule is O=C(O[C@@H](C(=O)Cl)c1ccccc1F)C(Cl)Cl. The van der Waals surface area contributed by atoms with E-state index in [9.17, 15) is 14.0 Å². The summed E-state index contributed by atoms with van der Waals surface area (Å²) in [5.41, 5.74) is -0.158. The Kier molecular flexibility index (Phi) is 5.18. The van der Waals surface area contributed by atoms with Gasteiger partial charge in [-0.3, -0.25) is 4.79 Å². The van der Waals surface area contributed by atoms with Crippen molar-refractivity contribution in [3.05, 3.63) is 35.6 Å². The van der Waals surface area contributed by atoms with Gasteiger partial charge in [-0.25, -0.2) is 9.18 Å². The molecule has 0 saturated carbocycles. The third kappa shape index (κ3) is 3.84. The van der Waals surface area contributed by atoms with Crippen LogP contribution in [0.2, 0.25) is 0 Å². The molecule has 0 unspecified atom stereocenters. The minimum absolute atomic E-state index is 0.158. The summed E-state index contributed by atoms with van der Waals surface area (Å²) in [7, 11) is 0. The summed E-state index contributed by atoms with van der Waals surface area (Å²) in [5, 5.41) is -1.04. The molecule has 0 aliphatic rings. The van der Waals surface area contributed by atoms with Crippen LogP contribution in [0, 0.1) is 5.82 Å². The zero-order chi connectivity index (χ0) is 13.0. The van der Waals surface area contributed by atoms with Gasteiger partial charge in [0.05, 0.1) is 0 Å². The van der Waals surface area contributed by atoms with Crippen molar-refractivity contribution in [3.8, 4) is 0 Å². The first kappa shape index (κ1) is 14.2. The fraction of sp³-hybridized carbons (Fsp3) is 0.200. The Hall–Kier alpha value is -0.840. The number of halogens is 4.